The summed E-state index contributed by atoms with van der Waals surface area (Å²) in [5.41, 5.74) is -1.32. The molecule has 0 aromatic heterocycles. The van der Waals surface area contributed by atoms with Crippen LogP contribution in [0.2, 0.25) is 0 Å². The molecule has 0 heterocycles. The minimum Gasteiger partial charge on any atom is -0.485 e. The van der Waals surface area contributed by atoms with E-state index in [1.807, 2.05) is 0 Å². The average molecular weight is 328 g/mol. The number of benzene rings is 2. The molecule has 0 N–H and O–H groups in total. The highest BCUT2D eigenvalue weighted by atomic mass is 19.4. The van der Waals surface area contributed by atoms with Crippen molar-refractivity contribution in [3.8, 4) is 5.75 Å². The van der Waals surface area contributed by atoms with Crippen molar-refractivity contribution in [1.82, 2.24) is 0 Å². The molecule has 0 aliphatic carbocycles. The van der Waals surface area contributed by atoms with Gasteiger partial charge in [-0.1, -0.05) is 30.3 Å². The van der Waals surface area contributed by atoms with Gasteiger partial charge in [-0.25, -0.2) is 9.18 Å². The Morgan fingerprint density at radius 2 is 1.78 bits per heavy atom. The van der Waals surface area contributed by atoms with Crippen LogP contribution in [0.25, 0.3) is 0 Å². The molecular formula is C16H12F4O3. The highest BCUT2D eigenvalue weighted by Gasteiger charge is 2.37. The first-order valence-electron chi connectivity index (χ1n) is 6.48. The Hall–Kier alpha value is -2.57. The molecule has 3 nitrogen and oxygen atoms in total. The number of halogens is 4. The van der Waals surface area contributed by atoms with E-state index in [1.54, 1.807) is 30.3 Å². The van der Waals surface area contributed by atoms with Gasteiger partial charge in [0.2, 0.25) is 0 Å². The predicted octanol–water partition coefficient (Wildman–Crippen LogP) is 4.21. The average Bonchev–Trinajstić information content (AvgIpc) is 2.52. The van der Waals surface area contributed by atoms with Crippen LogP contribution >= 0.6 is 0 Å². The third-order valence-electron chi connectivity index (χ3n) is 3.00. The summed E-state index contributed by atoms with van der Waals surface area (Å²) in [6.45, 7) is -0.238. The first-order chi connectivity index (χ1) is 10.8. The summed E-state index contributed by atoms with van der Waals surface area (Å²) in [6, 6.07) is 9.52. The fourth-order valence-corrected chi connectivity index (χ4v) is 1.92. The van der Waals surface area contributed by atoms with Gasteiger partial charge >= 0.3 is 12.1 Å². The Bertz CT molecular complexity index is 696. The molecule has 23 heavy (non-hydrogen) atoms. The van der Waals surface area contributed by atoms with Crippen molar-refractivity contribution < 1.29 is 31.8 Å². The molecule has 2 rings (SSSR count). The largest absolute Gasteiger partial charge is 0.485 e. The molecule has 0 atom stereocenters. The summed E-state index contributed by atoms with van der Waals surface area (Å²) >= 11 is 0. The van der Waals surface area contributed by atoms with Crippen molar-refractivity contribution >= 4 is 5.97 Å². The number of carbonyl (C=O) groups excluding carboxylic acids is 1. The quantitative estimate of drug-likeness (QED) is 0.623. The molecule has 0 fully saturated rings. The molecule has 0 spiro atoms. The van der Waals surface area contributed by atoms with Gasteiger partial charge in [-0.05, 0) is 17.7 Å². The minimum atomic E-state index is -4.88. The van der Waals surface area contributed by atoms with Gasteiger partial charge < -0.3 is 9.47 Å². The van der Waals surface area contributed by atoms with E-state index >= 15 is 0 Å². The van der Waals surface area contributed by atoms with Crippen LogP contribution in [-0.4, -0.2) is 13.1 Å². The highest BCUT2D eigenvalue weighted by Crippen LogP contribution is 2.39. The molecule has 0 aliphatic heterocycles. The highest BCUT2D eigenvalue weighted by molar-refractivity contribution is 5.89. The zero-order valence-electron chi connectivity index (χ0n) is 12.0. The number of ether oxygens (including phenoxy) is 2. The predicted molar refractivity (Wildman–Crippen MR) is 73.5 cm³/mol. The van der Waals surface area contributed by atoms with Crippen molar-refractivity contribution in [3.05, 3.63) is 65.0 Å². The smallest absolute Gasteiger partial charge is 0.420 e. The van der Waals surface area contributed by atoms with Gasteiger partial charge in [-0.3, -0.25) is 0 Å². The maximum atomic E-state index is 14.0. The summed E-state index contributed by atoms with van der Waals surface area (Å²) in [5.74, 6) is -3.30. The van der Waals surface area contributed by atoms with E-state index in [0.717, 1.165) is 7.11 Å². The molecule has 0 aliphatic rings. The zero-order valence-corrected chi connectivity index (χ0v) is 12.0. The van der Waals surface area contributed by atoms with E-state index in [1.165, 1.54) is 0 Å². The first-order valence-corrected chi connectivity index (χ1v) is 6.48. The Kier molecular flexibility index (Phi) is 4.88. The lowest BCUT2D eigenvalue weighted by Gasteiger charge is -2.16. The van der Waals surface area contributed by atoms with E-state index in [-0.39, 0.29) is 6.61 Å². The molecule has 0 saturated heterocycles. The zero-order chi connectivity index (χ0) is 17.0. The monoisotopic (exact) mass is 328 g/mol. The van der Waals surface area contributed by atoms with Gasteiger partial charge in [0, 0.05) is 0 Å². The van der Waals surface area contributed by atoms with Crippen LogP contribution < -0.4 is 4.74 Å². The van der Waals surface area contributed by atoms with Crippen LogP contribution in [0, 0.1) is 5.82 Å². The third-order valence-corrected chi connectivity index (χ3v) is 3.00. The third kappa shape index (κ3) is 4.00. The van der Waals surface area contributed by atoms with Crippen LogP contribution in [0.15, 0.2) is 42.5 Å². The second-order valence-electron chi connectivity index (χ2n) is 4.60. The number of alkyl halides is 3. The number of esters is 1. The van der Waals surface area contributed by atoms with Crippen molar-refractivity contribution in [2.24, 2.45) is 0 Å². The summed E-state index contributed by atoms with van der Waals surface area (Å²) in [7, 11) is 0.993. The molecule has 0 radical (unpaired) electrons. The van der Waals surface area contributed by atoms with E-state index < -0.39 is 34.8 Å². The molecule has 0 unspecified atom stereocenters. The number of hydrogen-bond donors (Lipinski definition) is 0. The first kappa shape index (κ1) is 16.8. The summed E-state index contributed by atoms with van der Waals surface area (Å²) in [5, 5.41) is 0. The molecule has 0 saturated carbocycles. The van der Waals surface area contributed by atoms with E-state index in [0.29, 0.717) is 17.7 Å². The van der Waals surface area contributed by atoms with Crippen LogP contribution in [0.1, 0.15) is 21.5 Å². The Labute approximate surface area is 129 Å². The van der Waals surface area contributed by atoms with Gasteiger partial charge in [-0.2, -0.15) is 13.2 Å². The number of methoxy groups -OCH3 is 1. The van der Waals surface area contributed by atoms with Gasteiger partial charge in [0.1, 0.15) is 12.2 Å². The summed E-state index contributed by atoms with van der Waals surface area (Å²) < 4.78 is 62.6. The van der Waals surface area contributed by atoms with Crippen molar-refractivity contribution in [2.75, 3.05) is 7.11 Å². The minimum absolute atomic E-state index is 0.238. The number of rotatable bonds is 4. The lowest BCUT2D eigenvalue weighted by molar-refractivity contribution is -0.139. The van der Waals surface area contributed by atoms with Crippen LogP contribution in [0.3, 0.4) is 0 Å². The number of hydrogen-bond acceptors (Lipinski definition) is 3. The van der Waals surface area contributed by atoms with Crippen LogP contribution in [-0.2, 0) is 17.5 Å². The van der Waals surface area contributed by atoms with E-state index in [9.17, 15) is 22.4 Å². The lowest BCUT2D eigenvalue weighted by Crippen LogP contribution is -2.13. The summed E-state index contributed by atoms with van der Waals surface area (Å²) in [4.78, 5) is 11.3. The normalized spacial score (nSPS) is 11.2. The maximum absolute atomic E-state index is 14.0. The second-order valence-corrected chi connectivity index (χ2v) is 4.60. The topological polar surface area (TPSA) is 35.5 Å². The van der Waals surface area contributed by atoms with Crippen LogP contribution in [0.5, 0.6) is 5.75 Å². The standard InChI is InChI=1S/C16H12F4O3/c1-22-15(21)11-7-12(16(18,19)20)14(13(17)8-11)23-9-10-5-3-2-4-6-10/h2-8H,9H2,1H3. The fraction of sp³-hybridized carbons (Fsp3) is 0.188. The van der Waals surface area contributed by atoms with Gasteiger partial charge in [-0.15, -0.1) is 0 Å². The van der Waals surface area contributed by atoms with Gasteiger partial charge in [0.15, 0.2) is 11.6 Å². The molecule has 2 aromatic carbocycles. The number of carbonyl (C=O) groups is 1. The maximum Gasteiger partial charge on any atom is 0.420 e. The summed E-state index contributed by atoms with van der Waals surface area (Å²) in [6.07, 6.45) is -4.88. The van der Waals surface area contributed by atoms with Crippen LogP contribution in [0.4, 0.5) is 17.6 Å². The molecular weight excluding hydrogens is 316 g/mol. The molecule has 122 valence electrons. The molecule has 0 amide bonds. The SMILES string of the molecule is COC(=O)c1cc(F)c(OCc2ccccc2)c(C(F)(F)F)c1. The Morgan fingerprint density at radius 1 is 1.13 bits per heavy atom. The molecule has 0 bridgehead atoms. The Morgan fingerprint density at radius 3 is 2.35 bits per heavy atom. The second kappa shape index (κ2) is 6.68. The van der Waals surface area contributed by atoms with E-state index in [4.69, 9.17) is 4.74 Å². The van der Waals surface area contributed by atoms with Crippen molar-refractivity contribution in [3.63, 3.8) is 0 Å². The molecule has 7 heteroatoms. The van der Waals surface area contributed by atoms with Crippen molar-refractivity contribution in [1.29, 1.82) is 0 Å². The van der Waals surface area contributed by atoms with E-state index in [2.05, 4.69) is 4.74 Å². The fourth-order valence-electron chi connectivity index (χ4n) is 1.92. The van der Waals surface area contributed by atoms with Gasteiger partial charge in [0.25, 0.3) is 0 Å². The van der Waals surface area contributed by atoms with Gasteiger partial charge in [0.05, 0.1) is 12.7 Å². The Balaban J connectivity index is 2.39. The lowest BCUT2D eigenvalue weighted by atomic mass is 10.1. The van der Waals surface area contributed by atoms with Crippen molar-refractivity contribution in [2.45, 2.75) is 12.8 Å². The molecule has 2 aromatic rings.